The first-order valence-corrected chi connectivity index (χ1v) is 5.34. The van der Waals surface area contributed by atoms with Gasteiger partial charge in [-0.2, -0.15) is 13.2 Å². The first-order valence-electron chi connectivity index (χ1n) is 5.34. The van der Waals surface area contributed by atoms with Gasteiger partial charge in [0.05, 0.1) is 5.56 Å². The van der Waals surface area contributed by atoms with Gasteiger partial charge in [-0.05, 0) is 29.3 Å². The van der Waals surface area contributed by atoms with Crippen LogP contribution in [0.25, 0.3) is 11.1 Å². The van der Waals surface area contributed by atoms with Gasteiger partial charge in [0.1, 0.15) is 5.82 Å². The van der Waals surface area contributed by atoms with Gasteiger partial charge in [0.2, 0.25) is 0 Å². The maximum Gasteiger partial charge on any atom is 0.417 e. The molecule has 2 aromatic carbocycles. The minimum Gasteiger partial charge on any atom is -0.298 e. The van der Waals surface area contributed by atoms with E-state index in [1.54, 1.807) is 0 Å². The first kappa shape index (κ1) is 13.3. The second-order valence-corrected chi connectivity index (χ2v) is 3.92. The van der Waals surface area contributed by atoms with Crippen LogP contribution in [0.1, 0.15) is 15.9 Å². The number of benzene rings is 2. The average Bonchev–Trinajstić information content (AvgIpc) is 2.38. The molecule has 0 spiro atoms. The molecule has 19 heavy (non-hydrogen) atoms. The van der Waals surface area contributed by atoms with Crippen molar-refractivity contribution in [2.45, 2.75) is 6.18 Å². The van der Waals surface area contributed by atoms with Crippen LogP contribution in [0.5, 0.6) is 0 Å². The summed E-state index contributed by atoms with van der Waals surface area (Å²) in [6.07, 6.45) is -4.44. The van der Waals surface area contributed by atoms with E-state index in [0.29, 0.717) is 5.56 Å². The van der Waals surface area contributed by atoms with Crippen molar-refractivity contribution in [2.24, 2.45) is 0 Å². The Labute approximate surface area is 106 Å². The molecule has 0 bridgehead atoms. The number of carbonyl (C=O) groups excluding carboxylic acids is 1. The minimum atomic E-state index is -4.60. The third-order valence-electron chi connectivity index (χ3n) is 2.66. The van der Waals surface area contributed by atoms with Crippen LogP contribution >= 0.6 is 0 Å². The number of hydrogen-bond acceptors (Lipinski definition) is 1. The smallest absolute Gasteiger partial charge is 0.298 e. The molecule has 98 valence electrons. The highest BCUT2D eigenvalue weighted by molar-refractivity contribution is 5.80. The molecule has 0 saturated heterocycles. The predicted octanol–water partition coefficient (Wildman–Crippen LogP) is 4.32. The second-order valence-electron chi connectivity index (χ2n) is 3.92. The predicted molar refractivity (Wildman–Crippen MR) is 62.2 cm³/mol. The lowest BCUT2D eigenvalue weighted by atomic mass is 9.99. The van der Waals surface area contributed by atoms with Crippen molar-refractivity contribution in [2.75, 3.05) is 0 Å². The molecule has 0 aliphatic carbocycles. The van der Waals surface area contributed by atoms with Crippen LogP contribution in [0.2, 0.25) is 0 Å². The molecule has 0 unspecified atom stereocenters. The number of hydrogen-bond donors (Lipinski definition) is 0. The fraction of sp³-hybridized carbons (Fsp3) is 0.0714. The highest BCUT2D eigenvalue weighted by atomic mass is 19.4. The molecule has 5 heteroatoms. The number of rotatable bonds is 2. The summed E-state index contributed by atoms with van der Waals surface area (Å²) in [7, 11) is 0. The molecule has 0 atom stereocenters. The molecular weight excluding hydrogens is 260 g/mol. The molecule has 0 radical (unpaired) electrons. The summed E-state index contributed by atoms with van der Waals surface area (Å²) in [5.41, 5.74) is -0.690. The molecule has 0 fully saturated rings. The van der Waals surface area contributed by atoms with Crippen LogP contribution in [-0.4, -0.2) is 6.29 Å². The molecule has 2 rings (SSSR count). The van der Waals surface area contributed by atoms with E-state index in [-0.39, 0.29) is 11.8 Å². The van der Waals surface area contributed by atoms with Crippen molar-refractivity contribution < 1.29 is 22.4 Å². The van der Waals surface area contributed by atoms with Gasteiger partial charge in [0.15, 0.2) is 6.29 Å². The molecule has 0 aliphatic heterocycles. The van der Waals surface area contributed by atoms with E-state index in [9.17, 15) is 22.4 Å². The SMILES string of the molecule is O=Cc1ccc(-c2ccc(F)cc2)cc1C(F)(F)F. The van der Waals surface area contributed by atoms with Gasteiger partial charge >= 0.3 is 6.18 Å². The van der Waals surface area contributed by atoms with E-state index in [0.717, 1.165) is 24.3 Å². The van der Waals surface area contributed by atoms with Crippen molar-refractivity contribution >= 4 is 6.29 Å². The molecule has 0 heterocycles. The molecule has 2 aromatic rings. The minimum absolute atomic E-state index is 0.164. The number of carbonyl (C=O) groups is 1. The summed E-state index contributed by atoms with van der Waals surface area (Å²) < 4.78 is 51.1. The molecular formula is C14H8F4O. The number of alkyl halides is 3. The Bertz CT molecular complexity index is 600. The normalized spacial score (nSPS) is 11.4. The Balaban J connectivity index is 2.55. The number of aldehydes is 1. The summed E-state index contributed by atoms with van der Waals surface area (Å²) >= 11 is 0. The van der Waals surface area contributed by atoms with Crippen molar-refractivity contribution in [1.29, 1.82) is 0 Å². The zero-order valence-corrected chi connectivity index (χ0v) is 9.54. The third-order valence-corrected chi connectivity index (χ3v) is 2.66. The van der Waals surface area contributed by atoms with Crippen molar-refractivity contribution in [3.05, 3.63) is 59.4 Å². The van der Waals surface area contributed by atoms with Crippen molar-refractivity contribution in [3.8, 4) is 11.1 Å². The lowest BCUT2D eigenvalue weighted by Gasteiger charge is -2.11. The molecule has 0 aromatic heterocycles. The fourth-order valence-electron chi connectivity index (χ4n) is 1.73. The van der Waals surface area contributed by atoms with E-state index >= 15 is 0 Å². The van der Waals surface area contributed by atoms with E-state index in [2.05, 4.69) is 0 Å². The Morgan fingerprint density at radius 3 is 2.00 bits per heavy atom. The highest BCUT2D eigenvalue weighted by Crippen LogP contribution is 2.34. The lowest BCUT2D eigenvalue weighted by Crippen LogP contribution is -2.09. The zero-order chi connectivity index (χ0) is 14.0. The topological polar surface area (TPSA) is 17.1 Å². The molecule has 0 N–H and O–H groups in total. The van der Waals surface area contributed by atoms with Crippen LogP contribution in [0.3, 0.4) is 0 Å². The van der Waals surface area contributed by atoms with Gasteiger partial charge in [-0.25, -0.2) is 4.39 Å². The highest BCUT2D eigenvalue weighted by Gasteiger charge is 2.33. The van der Waals surface area contributed by atoms with Crippen LogP contribution in [0, 0.1) is 5.82 Å². The molecule has 1 nitrogen and oxygen atoms in total. The number of halogens is 4. The Morgan fingerprint density at radius 2 is 1.47 bits per heavy atom. The lowest BCUT2D eigenvalue weighted by molar-refractivity contribution is -0.137. The maximum atomic E-state index is 12.8. The van der Waals surface area contributed by atoms with E-state index in [4.69, 9.17) is 0 Å². The summed E-state index contributed by atoms with van der Waals surface area (Å²) in [6, 6.07) is 8.47. The zero-order valence-electron chi connectivity index (χ0n) is 9.54. The Kier molecular flexibility index (Phi) is 3.38. The Morgan fingerprint density at radius 1 is 0.895 bits per heavy atom. The van der Waals surface area contributed by atoms with E-state index < -0.39 is 23.1 Å². The van der Waals surface area contributed by atoms with Crippen LogP contribution in [0.4, 0.5) is 17.6 Å². The fourth-order valence-corrected chi connectivity index (χ4v) is 1.73. The van der Waals surface area contributed by atoms with Crippen LogP contribution < -0.4 is 0 Å². The van der Waals surface area contributed by atoms with Gasteiger partial charge in [-0.1, -0.05) is 24.3 Å². The Hall–Kier alpha value is -2.17. The summed E-state index contributed by atoms with van der Waals surface area (Å²) in [4.78, 5) is 10.6. The van der Waals surface area contributed by atoms with Gasteiger partial charge in [-0.3, -0.25) is 4.79 Å². The average molecular weight is 268 g/mol. The van der Waals surface area contributed by atoms with Crippen molar-refractivity contribution in [1.82, 2.24) is 0 Å². The van der Waals surface area contributed by atoms with Crippen molar-refractivity contribution in [3.63, 3.8) is 0 Å². The van der Waals surface area contributed by atoms with Gasteiger partial charge in [0.25, 0.3) is 0 Å². The maximum absolute atomic E-state index is 12.8. The van der Waals surface area contributed by atoms with E-state index in [1.807, 2.05) is 0 Å². The first-order chi connectivity index (χ1) is 8.91. The third kappa shape index (κ3) is 2.81. The van der Waals surface area contributed by atoms with Gasteiger partial charge < -0.3 is 0 Å². The molecule has 0 amide bonds. The summed E-state index contributed by atoms with van der Waals surface area (Å²) in [6.45, 7) is 0. The van der Waals surface area contributed by atoms with Crippen LogP contribution in [0.15, 0.2) is 42.5 Å². The summed E-state index contributed by atoms with van der Waals surface area (Å²) in [5.74, 6) is -0.468. The van der Waals surface area contributed by atoms with Gasteiger partial charge in [0, 0.05) is 5.56 Å². The quantitative estimate of drug-likeness (QED) is 0.585. The van der Waals surface area contributed by atoms with Crippen LogP contribution in [-0.2, 0) is 6.18 Å². The molecule has 0 aliphatic rings. The standard InChI is InChI=1S/C14H8F4O/c15-12-5-3-9(4-6-12)10-1-2-11(8-19)13(7-10)14(16,17)18/h1-8H. The summed E-state index contributed by atoms with van der Waals surface area (Å²) in [5, 5.41) is 0. The molecule has 0 saturated carbocycles. The van der Waals surface area contributed by atoms with E-state index in [1.165, 1.54) is 18.2 Å². The monoisotopic (exact) mass is 268 g/mol. The van der Waals surface area contributed by atoms with Gasteiger partial charge in [-0.15, -0.1) is 0 Å². The largest absolute Gasteiger partial charge is 0.417 e. The second kappa shape index (κ2) is 4.84.